The van der Waals surface area contributed by atoms with E-state index < -0.39 is 11.8 Å². The van der Waals surface area contributed by atoms with Crippen LogP contribution in [0.3, 0.4) is 0 Å². The third-order valence-corrected chi connectivity index (χ3v) is 5.45. The second kappa shape index (κ2) is 9.98. The summed E-state index contributed by atoms with van der Waals surface area (Å²) in [6.07, 6.45) is 3.23. The van der Waals surface area contributed by atoms with Gasteiger partial charge in [-0.15, -0.1) is 0 Å². The number of nitrogens with one attached hydrogen (secondary N) is 2. The first-order valence-corrected chi connectivity index (χ1v) is 11.1. The molecule has 36 heavy (non-hydrogen) atoms. The number of rotatable bonds is 6. The molecule has 2 amide bonds. The molecule has 0 unspecified atom stereocenters. The number of benzene rings is 3. The number of ether oxygens (including phenoxy) is 1. The van der Waals surface area contributed by atoms with E-state index in [-0.39, 0.29) is 11.4 Å². The van der Waals surface area contributed by atoms with Crippen molar-refractivity contribution < 1.29 is 14.3 Å². The molecule has 178 valence electrons. The summed E-state index contributed by atoms with van der Waals surface area (Å²) in [6, 6.07) is 28.2. The van der Waals surface area contributed by atoms with Crippen LogP contribution in [0.5, 0.6) is 5.75 Å². The normalized spacial score (nSPS) is 10.6. The van der Waals surface area contributed by atoms with E-state index in [1.165, 1.54) is 11.8 Å². The van der Waals surface area contributed by atoms with Gasteiger partial charge in [0.25, 0.3) is 11.8 Å². The minimum atomic E-state index is -0.619. The van der Waals surface area contributed by atoms with Crippen LogP contribution in [0.15, 0.2) is 103 Å². The van der Waals surface area contributed by atoms with Gasteiger partial charge in [0, 0.05) is 11.8 Å². The number of methoxy groups -OCH3 is 1. The van der Waals surface area contributed by atoms with Gasteiger partial charge in [-0.25, -0.2) is 9.36 Å². The Labute approximate surface area is 206 Å². The maximum absolute atomic E-state index is 13.2. The summed E-state index contributed by atoms with van der Waals surface area (Å²) < 4.78 is 8.48. The molecule has 0 fully saturated rings. The molecular formula is C27H22N6O3. The second-order valence-electron chi connectivity index (χ2n) is 7.77. The SMILES string of the molecule is COc1cn(-c2ccccc2)nc1C(=O)NNC(=O)c1cn(-c2ccccc2)nc1-c1ccccc1. The Morgan fingerprint density at radius 1 is 0.694 bits per heavy atom. The van der Waals surface area contributed by atoms with Gasteiger partial charge in [-0.2, -0.15) is 10.2 Å². The van der Waals surface area contributed by atoms with Gasteiger partial charge < -0.3 is 4.74 Å². The van der Waals surface area contributed by atoms with E-state index in [9.17, 15) is 9.59 Å². The molecule has 5 rings (SSSR count). The van der Waals surface area contributed by atoms with Crippen molar-refractivity contribution >= 4 is 11.8 Å². The summed E-state index contributed by atoms with van der Waals surface area (Å²) in [6.45, 7) is 0. The summed E-state index contributed by atoms with van der Waals surface area (Å²) in [5, 5.41) is 8.95. The topological polar surface area (TPSA) is 103 Å². The average Bonchev–Trinajstić information content (AvgIpc) is 3.58. The first kappa shape index (κ1) is 22.6. The molecule has 0 atom stereocenters. The molecule has 2 aromatic heterocycles. The lowest BCUT2D eigenvalue weighted by atomic mass is 10.1. The van der Waals surface area contributed by atoms with Crippen LogP contribution >= 0.6 is 0 Å². The molecule has 2 heterocycles. The quantitative estimate of drug-likeness (QED) is 0.361. The van der Waals surface area contributed by atoms with Gasteiger partial charge >= 0.3 is 0 Å². The van der Waals surface area contributed by atoms with Gasteiger partial charge in [-0.3, -0.25) is 20.4 Å². The standard InChI is InChI=1S/C27H22N6O3/c1-36-23-18-33(21-15-9-4-10-16-21)31-25(23)27(35)29-28-26(34)22-17-32(20-13-7-3-8-14-20)30-24(22)19-11-5-2-6-12-19/h2-18H,1H3,(H,28,34)(H,29,35). The van der Waals surface area contributed by atoms with Crippen LogP contribution in [0, 0.1) is 0 Å². The van der Waals surface area contributed by atoms with Crippen LogP contribution in [0.25, 0.3) is 22.6 Å². The van der Waals surface area contributed by atoms with Crippen LogP contribution in [0.1, 0.15) is 20.8 Å². The molecule has 5 aromatic rings. The van der Waals surface area contributed by atoms with Crippen LogP contribution in [0.2, 0.25) is 0 Å². The highest BCUT2D eigenvalue weighted by atomic mass is 16.5. The van der Waals surface area contributed by atoms with Crippen molar-refractivity contribution in [1.82, 2.24) is 30.4 Å². The van der Waals surface area contributed by atoms with Gasteiger partial charge in [0.05, 0.1) is 30.2 Å². The van der Waals surface area contributed by atoms with E-state index in [1.54, 1.807) is 17.1 Å². The molecule has 9 heteroatoms. The number of carbonyl (C=O) groups excluding carboxylic acids is 2. The lowest BCUT2D eigenvalue weighted by molar-refractivity contribution is 0.0842. The Kier molecular flexibility index (Phi) is 6.27. The average molecular weight is 479 g/mol. The van der Waals surface area contributed by atoms with Crippen molar-refractivity contribution in [2.24, 2.45) is 0 Å². The number of hydrogen-bond acceptors (Lipinski definition) is 5. The maximum Gasteiger partial charge on any atom is 0.294 e. The first-order valence-electron chi connectivity index (χ1n) is 11.1. The van der Waals surface area contributed by atoms with Crippen molar-refractivity contribution in [3.8, 4) is 28.4 Å². The molecule has 0 saturated heterocycles. The van der Waals surface area contributed by atoms with E-state index in [4.69, 9.17) is 4.74 Å². The highest BCUT2D eigenvalue weighted by Gasteiger charge is 2.22. The number of hydrogen-bond donors (Lipinski definition) is 2. The van der Waals surface area contributed by atoms with E-state index in [0.29, 0.717) is 11.3 Å². The Bertz CT molecular complexity index is 1490. The largest absolute Gasteiger partial charge is 0.493 e. The Morgan fingerprint density at radius 3 is 1.81 bits per heavy atom. The molecule has 9 nitrogen and oxygen atoms in total. The Balaban J connectivity index is 1.39. The fourth-order valence-corrected chi connectivity index (χ4v) is 3.68. The van der Waals surface area contributed by atoms with Crippen LogP contribution in [-0.4, -0.2) is 38.5 Å². The first-order chi connectivity index (χ1) is 17.6. The molecular weight excluding hydrogens is 456 g/mol. The van der Waals surface area contributed by atoms with E-state index in [1.807, 2.05) is 91.0 Å². The van der Waals surface area contributed by atoms with Gasteiger partial charge in [-0.05, 0) is 24.3 Å². The molecule has 0 saturated carbocycles. The smallest absolute Gasteiger partial charge is 0.294 e. The molecule has 0 radical (unpaired) electrons. The van der Waals surface area contributed by atoms with Crippen molar-refractivity contribution in [2.75, 3.05) is 7.11 Å². The second-order valence-corrected chi connectivity index (χ2v) is 7.77. The van der Waals surface area contributed by atoms with Crippen LogP contribution in [-0.2, 0) is 0 Å². The van der Waals surface area contributed by atoms with Gasteiger partial charge in [0.1, 0.15) is 5.69 Å². The van der Waals surface area contributed by atoms with Gasteiger partial charge in [0.15, 0.2) is 11.4 Å². The number of amides is 2. The van der Waals surface area contributed by atoms with Crippen molar-refractivity contribution in [2.45, 2.75) is 0 Å². The highest BCUT2D eigenvalue weighted by Crippen LogP contribution is 2.24. The zero-order valence-electron chi connectivity index (χ0n) is 19.3. The Hall–Kier alpha value is -5.18. The summed E-state index contributed by atoms with van der Waals surface area (Å²) in [7, 11) is 1.45. The molecule has 0 aliphatic heterocycles. The molecule has 0 aliphatic carbocycles. The van der Waals surface area contributed by atoms with Crippen LogP contribution in [0.4, 0.5) is 0 Å². The summed E-state index contributed by atoms with van der Waals surface area (Å²) in [4.78, 5) is 26.0. The predicted molar refractivity (Wildman–Crippen MR) is 134 cm³/mol. The number of hydrazine groups is 1. The van der Waals surface area contributed by atoms with Crippen molar-refractivity contribution in [3.05, 3.63) is 115 Å². The number of nitrogens with zero attached hydrogens (tertiary/aromatic N) is 4. The zero-order chi connectivity index (χ0) is 24.9. The molecule has 3 aromatic carbocycles. The third kappa shape index (κ3) is 4.58. The monoisotopic (exact) mass is 478 g/mol. The summed E-state index contributed by atoms with van der Waals surface area (Å²) in [5.74, 6) is -0.870. The minimum Gasteiger partial charge on any atom is -0.493 e. The number of para-hydroxylation sites is 2. The van der Waals surface area contributed by atoms with E-state index in [2.05, 4.69) is 21.0 Å². The third-order valence-electron chi connectivity index (χ3n) is 5.45. The van der Waals surface area contributed by atoms with Gasteiger partial charge in [0.2, 0.25) is 0 Å². The number of carbonyl (C=O) groups is 2. The highest BCUT2D eigenvalue weighted by molar-refractivity contribution is 6.02. The van der Waals surface area contributed by atoms with Crippen molar-refractivity contribution in [1.29, 1.82) is 0 Å². The summed E-state index contributed by atoms with van der Waals surface area (Å²) >= 11 is 0. The Morgan fingerprint density at radius 2 is 1.22 bits per heavy atom. The fourth-order valence-electron chi connectivity index (χ4n) is 3.68. The predicted octanol–water partition coefficient (Wildman–Crippen LogP) is 3.81. The summed E-state index contributed by atoms with van der Waals surface area (Å²) in [5.41, 5.74) is 8.06. The zero-order valence-corrected chi connectivity index (χ0v) is 19.3. The lowest BCUT2D eigenvalue weighted by Gasteiger charge is -2.07. The minimum absolute atomic E-state index is 0.0323. The van der Waals surface area contributed by atoms with E-state index in [0.717, 1.165) is 16.9 Å². The van der Waals surface area contributed by atoms with Crippen molar-refractivity contribution in [3.63, 3.8) is 0 Å². The molecule has 0 bridgehead atoms. The van der Waals surface area contributed by atoms with Gasteiger partial charge in [-0.1, -0.05) is 66.7 Å². The fraction of sp³-hybridized carbons (Fsp3) is 0.0370. The number of aromatic nitrogens is 4. The van der Waals surface area contributed by atoms with E-state index >= 15 is 0 Å². The lowest BCUT2D eigenvalue weighted by Crippen LogP contribution is -2.42. The maximum atomic E-state index is 13.2. The molecule has 2 N–H and O–H groups in total. The molecule has 0 aliphatic rings. The van der Waals surface area contributed by atoms with Crippen LogP contribution < -0.4 is 15.6 Å². The molecule has 0 spiro atoms.